The Morgan fingerprint density at radius 3 is 2.59 bits per heavy atom. The number of carbonyl (C=O) groups is 1. The second-order valence-corrected chi connectivity index (χ2v) is 4.65. The minimum absolute atomic E-state index is 0.129. The fraction of sp³-hybridized carbons (Fsp3) is 0.533. The fourth-order valence-electron chi connectivity index (χ4n) is 1.76. The Kier molecular flexibility index (Phi) is 5.75. The number of benzene rings is 1. The van der Waals surface area contributed by atoms with Gasteiger partial charge in [-0.2, -0.15) is 0 Å². The van der Waals surface area contributed by atoms with Crippen molar-refractivity contribution in [3.05, 3.63) is 34.9 Å². The molecule has 0 aliphatic carbocycles. The van der Waals surface area contributed by atoms with E-state index in [-0.39, 0.29) is 5.91 Å². The summed E-state index contributed by atoms with van der Waals surface area (Å²) in [7, 11) is 0. The Labute approximate surface area is 104 Å². The van der Waals surface area contributed by atoms with Crippen LogP contribution in [-0.2, 0) is 11.2 Å². The number of unbranched alkanes of at least 4 members (excludes halogenated alkanes) is 2. The first kappa shape index (κ1) is 13.8. The first-order chi connectivity index (χ1) is 8.13. The van der Waals surface area contributed by atoms with Crippen LogP contribution in [0.1, 0.15) is 42.9 Å². The Balaban J connectivity index is 2.37. The van der Waals surface area contributed by atoms with Gasteiger partial charge in [-0.25, -0.2) is 0 Å². The van der Waals surface area contributed by atoms with Crippen LogP contribution in [0.3, 0.4) is 0 Å². The molecule has 1 aromatic carbocycles. The molecule has 0 saturated heterocycles. The van der Waals surface area contributed by atoms with E-state index in [1.54, 1.807) is 0 Å². The van der Waals surface area contributed by atoms with Gasteiger partial charge in [0.25, 0.3) is 0 Å². The van der Waals surface area contributed by atoms with E-state index in [0.29, 0.717) is 6.42 Å². The molecule has 1 N–H and O–H groups in total. The molecule has 0 bridgehead atoms. The lowest BCUT2D eigenvalue weighted by atomic mass is 10.0. The predicted molar refractivity (Wildman–Crippen MR) is 72.2 cm³/mol. The van der Waals surface area contributed by atoms with Crippen LogP contribution < -0.4 is 5.32 Å². The molecule has 2 heteroatoms. The van der Waals surface area contributed by atoms with Crippen LogP contribution in [0, 0.1) is 13.8 Å². The third kappa shape index (κ3) is 5.03. The number of amides is 1. The van der Waals surface area contributed by atoms with Gasteiger partial charge in [0, 0.05) is 6.54 Å². The molecule has 0 heterocycles. The quantitative estimate of drug-likeness (QED) is 0.751. The van der Waals surface area contributed by atoms with Gasteiger partial charge in [-0.05, 0) is 37.0 Å². The molecule has 0 atom stereocenters. The maximum Gasteiger partial charge on any atom is 0.224 e. The zero-order valence-corrected chi connectivity index (χ0v) is 11.2. The monoisotopic (exact) mass is 233 g/mol. The average molecular weight is 233 g/mol. The van der Waals surface area contributed by atoms with Crippen molar-refractivity contribution in [2.45, 2.75) is 46.5 Å². The normalized spacial score (nSPS) is 10.3. The molecular weight excluding hydrogens is 210 g/mol. The third-order valence-electron chi connectivity index (χ3n) is 3.04. The minimum Gasteiger partial charge on any atom is -0.356 e. The first-order valence-corrected chi connectivity index (χ1v) is 6.46. The van der Waals surface area contributed by atoms with Crippen LogP contribution in [0.4, 0.5) is 0 Å². The van der Waals surface area contributed by atoms with E-state index in [4.69, 9.17) is 0 Å². The summed E-state index contributed by atoms with van der Waals surface area (Å²) in [5.41, 5.74) is 3.62. The van der Waals surface area contributed by atoms with Crippen molar-refractivity contribution in [1.82, 2.24) is 5.32 Å². The largest absolute Gasteiger partial charge is 0.356 e. The van der Waals surface area contributed by atoms with Gasteiger partial charge in [0.2, 0.25) is 5.91 Å². The highest BCUT2D eigenvalue weighted by molar-refractivity contribution is 5.78. The van der Waals surface area contributed by atoms with E-state index in [9.17, 15) is 4.79 Å². The van der Waals surface area contributed by atoms with Crippen molar-refractivity contribution in [2.24, 2.45) is 0 Å². The molecule has 1 aromatic rings. The minimum atomic E-state index is 0.129. The fourth-order valence-corrected chi connectivity index (χ4v) is 1.76. The second-order valence-electron chi connectivity index (χ2n) is 4.65. The Hall–Kier alpha value is -1.31. The van der Waals surface area contributed by atoms with Gasteiger partial charge in [-0.3, -0.25) is 4.79 Å². The topological polar surface area (TPSA) is 29.1 Å². The van der Waals surface area contributed by atoms with Crippen molar-refractivity contribution < 1.29 is 4.79 Å². The summed E-state index contributed by atoms with van der Waals surface area (Å²) < 4.78 is 0. The van der Waals surface area contributed by atoms with Gasteiger partial charge >= 0.3 is 0 Å². The highest BCUT2D eigenvalue weighted by atomic mass is 16.1. The lowest BCUT2D eigenvalue weighted by Gasteiger charge is -2.06. The molecule has 94 valence electrons. The van der Waals surface area contributed by atoms with Crippen molar-refractivity contribution in [1.29, 1.82) is 0 Å². The number of hydrogen-bond donors (Lipinski definition) is 1. The van der Waals surface area contributed by atoms with Gasteiger partial charge in [-0.1, -0.05) is 38.0 Å². The summed E-state index contributed by atoms with van der Waals surface area (Å²) in [5, 5.41) is 2.96. The molecule has 0 saturated carbocycles. The van der Waals surface area contributed by atoms with Crippen molar-refractivity contribution in [3.8, 4) is 0 Å². The van der Waals surface area contributed by atoms with Gasteiger partial charge in [-0.15, -0.1) is 0 Å². The molecule has 0 aliphatic rings. The first-order valence-electron chi connectivity index (χ1n) is 6.46. The van der Waals surface area contributed by atoms with Crippen molar-refractivity contribution in [3.63, 3.8) is 0 Å². The number of aryl methyl sites for hydroxylation is 2. The van der Waals surface area contributed by atoms with Crippen LogP contribution in [-0.4, -0.2) is 12.5 Å². The van der Waals surface area contributed by atoms with Crippen molar-refractivity contribution in [2.75, 3.05) is 6.54 Å². The highest BCUT2D eigenvalue weighted by Gasteiger charge is 2.03. The average Bonchev–Trinajstić information content (AvgIpc) is 2.30. The zero-order chi connectivity index (χ0) is 12.7. The predicted octanol–water partition coefficient (Wildman–Crippen LogP) is 3.15. The third-order valence-corrected chi connectivity index (χ3v) is 3.04. The molecule has 0 fully saturated rings. The van der Waals surface area contributed by atoms with Gasteiger partial charge in [0.15, 0.2) is 0 Å². The molecule has 1 amide bonds. The van der Waals surface area contributed by atoms with E-state index in [2.05, 4.69) is 38.2 Å². The van der Waals surface area contributed by atoms with Crippen molar-refractivity contribution >= 4 is 5.91 Å². The van der Waals surface area contributed by atoms with E-state index < -0.39 is 0 Å². The highest BCUT2D eigenvalue weighted by Crippen LogP contribution is 2.10. The van der Waals surface area contributed by atoms with E-state index >= 15 is 0 Å². The summed E-state index contributed by atoms with van der Waals surface area (Å²) in [6.07, 6.45) is 3.94. The molecule has 17 heavy (non-hydrogen) atoms. The Bertz CT molecular complexity index is 371. The van der Waals surface area contributed by atoms with E-state index in [1.165, 1.54) is 24.0 Å². The number of rotatable bonds is 6. The van der Waals surface area contributed by atoms with Crippen LogP contribution in [0.25, 0.3) is 0 Å². The molecule has 0 aromatic heterocycles. The number of hydrogen-bond acceptors (Lipinski definition) is 1. The van der Waals surface area contributed by atoms with Crippen LogP contribution >= 0.6 is 0 Å². The van der Waals surface area contributed by atoms with Crippen LogP contribution in [0.5, 0.6) is 0 Å². The molecule has 0 spiro atoms. The lowest BCUT2D eigenvalue weighted by molar-refractivity contribution is -0.120. The number of carbonyl (C=O) groups excluding carboxylic acids is 1. The summed E-state index contributed by atoms with van der Waals surface area (Å²) in [4.78, 5) is 11.7. The van der Waals surface area contributed by atoms with Gasteiger partial charge in [0.1, 0.15) is 0 Å². The lowest BCUT2D eigenvalue weighted by Crippen LogP contribution is -2.26. The SMILES string of the molecule is CCCCCNC(=O)Cc1ccc(C)c(C)c1. The van der Waals surface area contributed by atoms with Crippen LogP contribution in [0.2, 0.25) is 0 Å². The second kappa shape index (κ2) is 7.10. The molecule has 0 unspecified atom stereocenters. The zero-order valence-electron chi connectivity index (χ0n) is 11.2. The summed E-state index contributed by atoms with van der Waals surface area (Å²) in [6, 6.07) is 6.21. The molecule has 0 radical (unpaired) electrons. The van der Waals surface area contributed by atoms with Crippen LogP contribution in [0.15, 0.2) is 18.2 Å². The Morgan fingerprint density at radius 1 is 1.18 bits per heavy atom. The van der Waals surface area contributed by atoms with E-state index in [1.807, 2.05) is 6.07 Å². The van der Waals surface area contributed by atoms with E-state index in [0.717, 1.165) is 18.5 Å². The summed E-state index contributed by atoms with van der Waals surface area (Å²) in [6.45, 7) is 7.14. The maximum atomic E-state index is 11.7. The molecule has 1 rings (SSSR count). The Morgan fingerprint density at radius 2 is 1.94 bits per heavy atom. The summed E-state index contributed by atoms with van der Waals surface area (Å²) in [5.74, 6) is 0.129. The maximum absolute atomic E-state index is 11.7. The van der Waals surface area contributed by atoms with Gasteiger partial charge < -0.3 is 5.32 Å². The number of nitrogens with one attached hydrogen (secondary N) is 1. The standard InChI is InChI=1S/C15H23NO/c1-4-5-6-9-16-15(17)11-14-8-7-12(2)13(3)10-14/h7-8,10H,4-6,9,11H2,1-3H3,(H,16,17). The van der Waals surface area contributed by atoms with Gasteiger partial charge in [0.05, 0.1) is 6.42 Å². The smallest absolute Gasteiger partial charge is 0.224 e. The molecular formula is C15H23NO. The summed E-state index contributed by atoms with van der Waals surface area (Å²) >= 11 is 0. The molecule has 2 nitrogen and oxygen atoms in total. The molecule has 0 aliphatic heterocycles.